The highest BCUT2D eigenvalue weighted by Gasteiger charge is 2.14. The molecule has 0 aliphatic heterocycles. The smallest absolute Gasteiger partial charge is 0.307 e. The van der Waals surface area contributed by atoms with Crippen molar-refractivity contribution >= 4 is 18.0 Å². The number of carbonyl (C=O) groups excluding carboxylic acids is 2. The van der Waals surface area contributed by atoms with Crippen LogP contribution in [-0.2, 0) is 14.3 Å². The van der Waals surface area contributed by atoms with Gasteiger partial charge in [0.05, 0.1) is 19.6 Å². The van der Waals surface area contributed by atoms with Crippen molar-refractivity contribution in [2.45, 2.75) is 19.4 Å². The third-order valence-electron chi connectivity index (χ3n) is 2.83. The molecule has 0 heterocycles. The summed E-state index contributed by atoms with van der Waals surface area (Å²) in [7, 11) is 1.30. The summed E-state index contributed by atoms with van der Waals surface area (Å²) in [6.45, 7) is 1.99. The average molecular weight is 291 g/mol. The Morgan fingerprint density at radius 2 is 2.00 bits per heavy atom. The molecule has 1 N–H and O–H groups in total. The second-order valence-electron chi connectivity index (χ2n) is 4.70. The van der Waals surface area contributed by atoms with Crippen LogP contribution in [0.4, 0.5) is 0 Å². The molecule has 5 heteroatoms. The van der Waals surface area contributed by atoms with Crippen LogP contribution in [0.25, 0.3) is 6.08 Å². The molecule has 0 aromatic heterocycles. The molecule has 0 aliphatic rings. The maximum atomic E-state index is 12.1. The number of aliphatic hydroxyl groups excluding tert-OH is 1. The van der Waals surface area contributed by atoms with Crippen molar-refractivity contribution in [3.05, 3.63) is 42.0 Å². The first-order chi connectivity index (χ1) is 10.0. The Balaban J connectivity index is 2.66. The first kappa shape index (κ1) is 16.9. The fourth-order valence-electron chi connectivity index (χ4n) is 1.78. The molecule has 0 saturated heterocycles. The normalized spacial score (nSPS) is 12.1. The van der Waals surface area contributed by atoms with Gasteiger partial charge in [-0.25, -0.2) is 0 Å². The molecule has 0 radical (unpaired) electrons. The summed E-state index contributed by atoms with van der Waals surface area (Å²) in [6, 6.07) is 9.44. The van der Waals surface area contributed by atoms with E-state index in [-0.39, 0.29) is 31.4 Å². The van der Waals surface area contributed by atoms with Crippen LogP contribution < -0.4 is 0 Å². The molecule has 0 saturated carbocycles. The topological polar surface area (TPSA) is 66.8 Å². The van der Waals surface area contributed by atoms with E-state index in [0.717, 1.165) is 5.56 Å². The highest BCUT2D eigenvalue weighted by atomic mass is 16.5. The fraction of sp³-hybridized carbons (Fsp3) is 0.375. The third kappa shape index (κ3) is 6.72. The van der Waals surface area contributed by atoms with E-state index in [1.54, 1.807) is 13.0 Å². The maximum Gasteiger partial charge on any atom is 0.307 e. The van der Waals surface area contributed by atoms with Crippen LogP contribution in [0.1, 0.15) is 18.9 Å². The Morgan fingerprint density at radius 1 is 1.33 bits per heavy atom. The number of hydrogen-bond acceptors (Lipinski definition) is 4. The Kier molecular flexibility index (Phi) is 7.18. The largest absolute Gasteiger partial charge is 0.469 e. The van der Waals surface area contributed by atoms with E-state index >= 15 is 0 Å². The summed E-state index contributed by atoms with van der Waals surface area (Å²) in [4.78, 5) is 24.7. The van der Waals surface area contributed by atoms with Gasteiger partial charge in [0.2, 0.25) is 5.91 Å². The van der Waals surface area contributed by atoms with Gasteiger partial charge in [-0.2, -0.15) is 0 Å². The number of amides is 1. The first-order valence-electron chi connectivity index (χ1n) is 6.80. The van der Waals surface area contributed by atoms with Crippen LogP contribution in [0.2, 0.25) is 0 Å². The van der Waals surface area contributed by atoms with E-state index in [4.69, 9.17) is 0 Å². The molecule has 0 spiro atoms. The van der Waals surface area contributed by atoms with Crippen molar-refractivity contribution in [2.75, 3.05) is 20.2 Å². The molecule has 1 unspecified atom stereocenters. The summed E-state index contributed by atoms with van der Waals surface area (Å²) in [6.07, 6.45) is 2.59. The van der Waals surface area contributed by atoms with Crippen LogP contribution >= 0.6 is 0 Å². The number of nitrogens with zero attached hydrogens (tertiary/aromatic N) is 1. The standard InChI is InChI=1S/C16H21NO4/c1-13(18)12-17(11-10-16(20)21-2)15(19)9-8-14-6-4-3-5-7-14/h3-9,13,18H,10-12H2,1-2H3/b9-8+. The molecule has 0 bridgehead atoms. The van der Waals surface area contributed by atoms with Crippen molar-refractivity contribution in [1.29, 1.82) is 0 Å². The molecule has 21 heavy (non-hydrogen) atoms. The minimum atomic E-state index is -0.656. The third-order valence-corrected chi connectivity index (χ3v) is 2.83. The van der Waals surface area contributed by atoms with Gasteiger partial charge in [0.15, 0.2) is 0 Å². The molecule has 5 nitrogen and oxygen atoms in total. The second kappa shape index (κ2) is 8.92. The number of carbonyl (C=O) groups is 2. The number of methoxy groups -OCH3 is 1. The van der Waals surface area contributed by atoms with Crippen LogP contribution in [0.5, 0.6) is 0 Å². The molecular formula is C16H21NO4. The summed E-state index contributed by atoms with van der Waals surface area (Å²) in [5.74, 6) is -0.630. The maximum absolute atomic E-state index is 12.1. The van der Waals surface area contributed by atoms with Gasteiger partial charge in [0, 0.05) is 19.2 Å². The van der Waals surface area contributed by atoms with Gasteiger partial charge in [-0.15, -0.1) is 0 Å². The van der Waals surface area contributed by atoms with Gasteiger partial charge in [-0.1, -0.05) is 30.3 Å². The zero-order valence-electron chi connectivity index (χ0n) is 12.4. The lowest BCUT2D eigenvalue weighted by Crippen LogP contribution is -2.37. The molecule has 1 atom stereocenters. The number of ether oxygens (including phenoxy) is 1. The monoisotopic (exact) mass is 291 g/mol. The number of benzene rings is 1. The Bertz CT molecular complexity index is 482. The number of aliphatic hydroxyl groups is 1. The van der Waals surface area contributed by atoms with Crippen LogP contribution in [0.15, 0.2) is 36.4 Å². The summed E-state index contributed by atoms with van der Waals surface area (Å²) in [5, 5.41) is 9.45. The minimum Gasteiger partial charge on any atom is -0.469 e. The lowest BCUT2D eigenvalue weighted by Gasteiger charge is -2.22. The van der Waals surface area contributed by atoms with Crippen molar-refractivity contribution < 1.29 is 19.4 Å². The molecular weight excluding hydrogens is 270 g/mol. The molecule has 114 valence electrons. The quantitative estimate of drug-likeness (QED) is 0.610. The number of hydrogen-bond donors (Lipinski definition) is 1. The highest BCUT2D eigenvalue weighted by Crippen LogP contribution is 2.04. The average Bonchev–Trinajstić information content (AvgIpc) is 2.49. The summed E-state index contributed by atoms with van der Waals surface area (Å²) < 4.78 is 4.56. The predicted molar refractivity (Wildman–Crippen MR) is 80.4 cm³/mol. The Labute approximate surface area is 124 Å². The highest BCUT2D eigenvalue weighted by molar-refractivity contribution is 5.92. The number of rotatable bonds is 7. The van der Waals surface area contributed by atoms with E-state index in [1.807, 2.05) is 30.3 Å². The van der Waals surface area contributed by atoms with Gasteiger partial charge < -0.3 is 14.7 Å². The first-order valence-corrected chi connectivity index (χ1v) is 6.80. The van der Waals surface area contributed by atoms with Gasteiger partial charge in [-0.3, -0.25) is 9.59 Å². The zero-order chi connectivity index (χ0) is 15.7. The van der Waals surface area contributed by atoms with Crippen LogP contribution in [-0.4, -0.2) is 48.2 Å². The Morgan fingerprint density at radius 3 is 2.57 bits per heavy atom. The van der Waals surface area contributed by atoms with Crippen LogP contribution in [0, 0.1) is 0 Å². The van der Waals surface area contributed by atoms with E-state index in [0.29, 0.717) is 0 Å². The summed E-state index contributed by atoms with van der Waals surface area (Å²) in [5.41, 5.74) is 0.913. The Hall–Kier alpha value is -2.14. The minimum absolute atomic E-state index is 0.105. The number of esters is 1. The fourth-order valence-corrected chi connectivity index (χ4v) is 1.78. The molecule has 0 aliphatic carbocycles. The van der Waals surface area contributed by atoms with Crippen molar-refractivity contribution in [2.24, 2.45) is 0 Å². The van der Waals surface area contributed by atoms with E-state index in [2.05, 4.69) is 4.74 Å². The van der Waals surface area contributed by atoms with Gasteiger partial charge in [0.25, 0.3) is 0 Å². The summed E-state index contributed by atoms with van der Waals surface area (Å²) >= 11 is 0. The van der Waals surface area contributed by atoms with Gasteiger partial charge in [-0.05, 0) is 18.6 Å². The van der Waals surface area contributed by atoms with Crippen molar-refractivity contribution in [3.63, 3.8) is 0 Å². The van der Waals surface area contributed by atoms with Crippen molar-refractivity contribution in [1.82, 2.24) is 4.90 Å². The van der Waals surface area contributed by atoms with Crippen LogP contribution in [0.3, 0.4) is 0 Å². The van der Waals surface area contributed by atoms with Crippen molar-refractivity contribution in [3.8, 4) is 0 Å². The predicted octanol–water partition coefficient (Wildman–Crippen LogP) is 1.47. The lowest BCUT2D eigenvalue weighted by atomic mass is 10.2. The van der Waals surface area contributed by atoms with E-state index in [1.165, 1.54) is 18.1 Å². The molecule has 1 aromatic rings. The van der Waals surface area contributed by atoms with E-state index < -0.39 is 6.10 Å². The lowest BCUT2D eigenvalue weighted by molar-refractivity contribution is -0.141. The molecule has 1 aromatic carbocycles. The van der Waals surface area contributed by atoms with Gasteiger partial charge >= 0.3 is 5.97 Å². The SMILES string of the molecule is COC(=O)CCN(CC(C)O)C(=O)/C=C/c1ccccc1. The second-order valence-corrected chi connectivity index (χ2v) is 4.70. The molecule has 0 fully saturated rings. The molecule has 1 rings (SSSR count). The molecule has 1 amide bonds. The zero-order valence-corrected chi connectivity index (χ0v) is 12.4. The van der Waals surface area contributed by atoms with E-state index in [9.17, 15) is 14.7 Å². The van der Waals surface area contributed by atoms with Gasteiger partial charge in [0.1, 0.15) is 0 Å².